The van der Waals surface area contributed by atoms with E-state index in [-0.39, 0.29) is 11.4 Å². The molecule has 0 unspecified atom stereocenters. The van der Waals surface area contributed by atoms with Gasteiger partial charge < -0.3 is 19.9 Å². The minimum Gasteiger partial charge on any atom is -0.497 e. The first-order valence-corrected chi connectivity index (χ1v) is 12.5. The fourth-order valence-corrected chi connectivity index (χ4v) is 7.25. The van der Waals surface area contributed by atoms with E-state index >= 15 is 0 Å². The highest BCUT2D eigenvalue weighted by molar-refractivity contribution is 5.84. The molecular formula is C26H37N3O3. The number of nitrogens with zero attached hydrogens (tertiary/aromatic N) is 2. The Balaban J connectivity index is 1.06. The van der Waals surface area contributed by atoms with E-state index in [2.05, 4.69) is 16.3 Å². The highest BCUT2D eigenvalue weighted by atomic mass is 16.5. The quantitative estimate of drug-likeness (QED) is 0.688. The second-order valence-corrected chi connectivity index (χ2v) is 10.7. The summed E-state index contributed by atoms with van der Waals surface area (Å²) in [6.45, 7) is 3.29. The average molecular weight is 440 g/mol. The molecule has 3 amide bonds. The maximum Gasteiger partial charge on any atom is 0.317 e. The molecule has 6 rings (SSSR count). The number of carbonyl (C=O) groups excluding carboxylic acids is 2. The van der Waals surface area contributed by atoms with E-state index in [0.717, 1.165) is 55.6 Å². The number of ether oxygens (including phenoxy) is 1. The van der Waals surface area contributed by atoms with E-state index in [4.69, 9.17) is 4.74 Å². The van der Waals surface area contributed by atoms with Crippen LogP contribution >= 0.6 is 0 Å². The van der Waals surface area contributed by atoms with Crippen LogP contribution in [0.4, 0.5) is 4.79 Å². The van der Waals surface area contributed by atoms with Crippen LogP contribution in [0.25, 0.3) is 0 Å². The van der Waals surface area contributed by atoms with Gasteiger partial charge in [0.25, 0.3) is 0 Å². The molecule has 32 heavy (non-hydrogen) atoms. The Kier molecular flexibility index (Phi) is 6.04. The molecule has 0 spiro atoms. The minimum atomic E-state index is -0.0701. The number of benzene rings is 1. The topological polar surface area (TPSA) is 61.9 Å². The van der Waals surface area contributed by atoms with Gasteiger partial charge in [-0.25, -0.2) is 4.79 Å². The Labute approximate surface area is 191 Å². The van der Waals surface area contributed by atoms with Crippen LogP contribution in [0, 0.1) is 23.2 Å². The van der Waals surface area contributed by atoms with Gasteiger partial charge in [-0.15, -0.1) is 0 Å². The molecular weight excluding hydrogens is 402 g/mol. The van der Waals surface area contributed by atoms with Crippen molar-refractivity contribution in [1.29, 1.82) is 0 Å². The van der Waals surface area contributed by atoms with E-state index in [9.17, 15) is 9.59 Å². The molecule has 0 aromatic heterocycles. The highest BCUT2D eigenvalue weighted by Crippen LogP contribution is 2.60. The van der Waals surface area contributed by atoms with Crippen molar-refractivity contribution in [1.82, 2.24) is 15.1 Å². The number of hydrogen-bond acceptors (Lipinski definition) is 3. The molecule has 0 radical (unpaired) electrons. The van der Waals surface area contributed by atoms with Crippen LogP contribution in [0.15, 0.2) is 24.3 Å². The van der Waals surface area contributed by atoms with E-state index in [1.54, 1.807) is 7.11 Å². The zero-order valence-electron chi connectivity index (χ0n) is 19.4. The predicted octanol–water partition coefficient (Wildman–Crippen LogP) is 3.70. The second-order valence-electron chi connectivity index (χ2n) is 10.7. The molecule has 4 bridgehead atoms. The van der Waals surface area contributed by atoms with Crippen molar-refractivity contribution in [3.8, 4) is 5.75 Å². The molecule has 4 aliphatic carbocycles. The SMILES string of the molecule is COc1cccc(CCCNC(=O)N2CCN(C(=O)C34CC5CC(CC(C5)C3)C4)CC2)c1. The van der Waals surface area contributed by atoms with Crippen LogP contribution in [-0.2, 0) is 11.2 Å². The number of nitrogens with one attached hydrogen (secondary N) is 1. The van der Waals surface area contributed by atoms with Gasteiger partial charge in [0.15, 0.2) is 0 Å². The average Bonchev–Trinajstić information content (AvgIpc) is 2.80. The number of methoxy groups -OCH3 is 1. The van der Waals surface area contributed by atoms with E-state index < -0.39 is 0 Å². The summed E-state index contributed by atoms with van der Waals surface area (Å²) in [5.74, 6) is 3.63. The molecule has 174 valence electrons. The zero-order valence-corrected chi connectivity index (χ0v) is 19.4. The molecule has 1 N–H and O–H groups in total. The molecule has 6 heteroatoms. The van der Waals surface area contributed by atoms with E-state index in [1.165, 1.54) is 24.8 Å². The monoisotopic (exact) mass is 439 g/mol. The normalized spacial score (nSPS) is 31.0. The van der Waals surface area contributed by atoms with Gasteiger partial charge in [0, 0.05) is 32.7 Å². The number of hydrogen-bond donors (Lipinski definition) is 1. The van der Waals surface area contributed by atoms with E-state index in [0.29, 0.717) is 38.6 Å². The van der Waals surface area contributed by atoms with Gasteiger partial charge in [0.05, 0.1) is 12.5 Å². The third-order valence-corrected chi connectivity index (χ3v) is 8.40. The lowest BCUT2D eigenvalue weighted by Gasteiger charge is -2.57. The summed E-state index contributed by atoms with van der Waals surface area (Å²) in [4.78, 5) is 30.1. The molecule has 5 fully saturated rings. The van der Waals surface area contributed by atoms with Crippen LogP contribution in [-0.4, -0.2) is 61.6 Å². The number of carbonyl (C=O) groups is 2. The Morgan fingerprint density at radius 1 is 1.00 bits per heavy atom. The number of aryl methyl sites for hydroxylation is 1. The largest absolute Gasteiger partial charge is 0.497 e. The number of piperazine rings is 1. The van der Waals surface area contributed by atoms with Crippen molar-refractivity contribution in [2.24, 2.45) is 23.2 Å². The van der Waals surface area contributed by atoms with Crippen molar-refractivity contribution in [2.75, 3.05) is 39.8 Å². The van der Waals surface area contributed by atoms with Crippen molar-refractivity contribution in [3.05, 3.63) is 29.8 Å². The van der Waals surface area contributed by atoms with Crippen LogP contribution in [0.1, 0.15) is 50.5 Å². The first kappa shape index (κ1) is 21.6. The van der Waals surface area contributed by atoms with Gasteiger partial charge in [-0.05, 0) is 86.8 Å². The zero-order chi connectivity index (χ0) is 22.1. The molecule has 1 aromatic rings. The van der Waals surface area contributed by atoms with Crippen LogP contribution < -0.4 is 10.1 Å². The third-order valence-electron chi connectivity index (χ3n) is 8.40. The molecule has 1 heterocycles. The first-order chi connectivity index (χ1) is 15.5. The summed E-state index contributed by atoms with van der Waals surface area (Å²) in [6.07, 6.45) is 9.23. The molecule has 1 aliphatic heterocycles. The summed E-state index contributed by atoms with van der Waals surface area (Å²) in [5.41, 5.74) is 1.15. The summed E-state index contributed by atoms with van der Waals surface area (Å²) < 4.78 is 5.27. The minimum absolute atomic E-state index is 0.00227. The van der Waals surface area contributed by atoms with Gasteiger partial charge in [-0.2, -0.15) is 0 Å². The van der Waals surface area contributed by atoms with E-state index in [1.807, 2.05) is 23.1 Å². The summed E-state index contributed by atoms with van der Waals surface area (Å²) in [5, 5.41) is 3.06. The third kappa shape index (κ3) is 4.33. The van der Waals surface area contributed by atoms with Crippen molar-refractivity contribution in [3.63, 3.8) is 0 Å². The van der Waals surface area contributed by atoms with Crippen LogP contribution in [0.5, 0.6) is 5.75 Å². The van der Waals surface area contributed by atoms with Crippen molar-refractivity contribution >= 4 is 11.9 Å². The van der Waals surface area contributed by atoms with Crippen molar-refractivity contribution < 1.29 is 14.3 Å². The molecule has 1 saturated heterocycles. The van der Waals surface area contributed by atoms with Gasteiger partial charge in [0.2, 0.25) is 5.91 Å². The molecule has 6 nitrogen and oxygen atoms in total. The Morgan fingerprint density at radius 2 is 1.62 bits per heavy atom. The molecule has 5 aliphatic rings. The predicted molar refractivity (Wildman–Crippen MR) is 123 cm³/mol. The van der Waals surface area contributed by atoms with Crippen molar-refractivity contribution in [2.45, 2.75) is 51.4 Å². The fourth-order valence-electron chi connectivity index (χ4n) is 7.25. The highest BCUT2D eigenvalue weighted by Gasteiger charge is 2.55. The summed E-state index contributed by atoms with van der Waals surface area (Å²) in [7, 11) is 1.68. The number of rotatable bonds is 6. The summed E-state index contributed by atoms with van der Waals surface area (Å²) >= 11 is 0. The molecule has 0 atom stereocenters. The standard InChI is InChI=1S/C26H37N3O3/c1-32-23-6-2-4-19(15-23)5-3-7-27-25(31)29-10-8-28(9-11-29)24(30)26-16-20-12-21(17-26)14-22(13-20)18-26/h2,4,6,15,20-22H,3,5,7-14,16-18H2,1H3,(H,27,31). The lowest BCUT2D eigenvalue weighted by atomic mass is 9.49. The second kappa shape index (κ2) is 8.95. The van der Waals surface area contributed by atoms with Crippen LogP contribution in [0.2, 0.25) is 0 Å². The maximum atomic E-state index is 13.5. The molecule has 1 aromatic carbocycles. The maximum absolute atomic E-state index is 13.5. The smallest absolute Gasteiger partial charge is 0.317 e. The van der Waals surface area contributed by atoms with Gasteiger partial charge in [0.1, 0.15) is 5.75 Å². The van der Waals surface area contributed by atoms with Gasteiger partial charge >= 0.3 is 6.03 Å². The lowest BCUT2D eigenvalue weighted by Crippen LogP contribution is -2.59. The fraction of sp³-hybridized carbons (Fsp3) is 0.692. The Morgan fingerprint density at radius 3 is 2.25 bits per heavy atom. The Hall–Kier alpha value is -2.24. The lowest BCUT2D eigenvalue weighted by molar-refractivity contribution is -0.159. The number of amides is 3. The van der Waals surface area contributed by atoms with Gasteiger partial charge in [-0.3, -0.25) is 4.79 Å². The van der Waals surface area contributed by atoms with Crippen LogP contribution in [0.3, 0.4) is 0 Å². The number of urea groups is 1. The first-order valence-electron chi connectivity index (χ1n) is 12.5. The summed E-state index contributed by atoms with van der Waals surface area (Å²) in [6, 6.07) is 8.07. The Bertz CT molecular complexity index is 811. The van der Waals surface area contributed by atoms with Gasteiger partial charge in [-0.1, -0.05) is 12.1 Å². The molecule has 4 saturated carbocycles.